The predicted molar refractivity (Wildman–Crippen MR) is 102 cm³/mol. The fourth-order valence-electron chi connectivity index (χ4n) is 4.17. The molecule has 0 bridgehead atoms. The van der Waals surface area contributed by atoms with Crippen LogP contribution in [0, 0.1) is 0 Å². The Morgan fingerprint density at radius 3 is 1.70 bits per heavy atom. The molecule has 0 radical (unpaired) electrons. The quantitative estimate of drug-likeness (QED) is 0.234. The lowest BCUT2D eigenvalue weighted by Gasteiger charge is -2.17. The molecule has 110 valence electrons. The lowest BCUT2D eigenvalue weighted by molar-refractivity contribution is 0.877. The second-order valence-corrected chi connectivity index (χ2v) is 6.79. The zero-order valence-corrected chi connectivity index (χ0v) is 13.4. The third-order valence-electron chi connectivity index (χ3n) is 5.18. The average molecular weight is 294 g/mol. The van der Waals surface area contributed by atoms with E-state index in [1.807, 2.05) is 0 Å². The molecule has 0 atom stereocenters. The first-order chi connectivity index (χ1) is 11.3. The van der Waals surface area contributed by atoms with Gasteiger partial charge in [0.15, 0.2) is 0 Å². The van der Waals surface area contributed by atoms with Crippen LogP contribution in [-0.4, -0.2) is 0 Å². The average Bonchev–Trinajstić information content (AvgIpc) is 2.58. The van der Waals surface area contributed by atoms with Gasteiger partial charge in [-0.3, -0.25) is 0 Å². The molecule has 0 aliphatic heterocycles. The first kappa shape index (κ1) is 12.9. The molecule has 0 heterocycles. The minimum atomic E-state index is 0.535. The smallest absolute Gasteiger partial charge is 0.00235 e. The summed E-state index contributed by atoms with van der Waals surface area (Å²) < 4.78 is 0. The molecule has 0 aliphatic rings. The van der Waals surface area contributed by atoms with E-state index in [-0.39, 0.29) is 0 Å². The van der Waals surface area contributed by atoms with Crippen LogP contribution in [0.2, 0.25) is 0 Å². The van der Waals surface area contributed by atoms with Gasteiger partial charge < -0.3 is 0 Å². The van der Waals surface area contributed by atoms with Crippen LogP contribution in [-0.2, 0) is 0 Å². The Bertz CT molecular complexity index is 1130. The van der Waals surface area contributed by atoms with Crippen LogP contribution >= 0.6 is 0 Å². The summed E-state index contributed by atoms with van der Waals surface area (Å²) in [5, 5.41) is 11.1. The van der Waals surface area contributed by atoms with Crippen molar-refractivity contribution < 1.29 is 0 Å². The zero-order chi connectivity index (χ0) is 15.6. The Kier molecular flexibility index (Phi) is 2.50. The van der Waals surface area contributed by atoms with E-state index in [9.17, 15) is 0 Å². The summed E-state index contributed by atoms with van der Waals surface area (Å²) in [6.07, 6.45) is 0. The number of rotatable bonds is 1. The molecule has 0 saturated carbocycles. The van der Waals surface area contributed by atoms with Crippen molar-refractivity contribution in [1.29, 1.82) is 0 Å². The first-order valence-electron chi connectivity index (χ1n) is 8.34. The van der Waals surface area contributed by atoms with Gasteiger partial charge in [-0.25, -0.2) is 0 Å². The maximum Gasteiger partial charge on any atom is -0.00235 e. The van der Waals surface area contributed by atoms with Crippen LogP contribution < -0.4 is 0 Å². The molecule has 0 spiro atoms. The summed E-state index contributed by atoms with van der Waals surface area (Å²) >= 11 is 0. The van der Waals surface area contributed by atoms with E-state index in [0.29, 0.717) is 5.92 Å². The molecule has 0 saturated heterocycles. The highest BCUT2D eigenvalue weighted by Crippen LogP contribution is 2.41. The molecule has 0 heteroatoms. The van der Waals surface area contributed by atoms with Crippen LogP contribution in [0.1, 0.15) is 25.3 Å². The Morgan fingerprint density at radius 1 is 0.522 bits per heavy atom. The van der Waals surface area contributed by atoms with Crippen LogP contribution in [0.4, 0.5) is 0 Å². The Labute approximate surface area is 135 Å². The second kappa shape index (κ2) is 4.45. The lowest BCUT2D eigenvalue weighted by Crippen LogP contribution is -1.92. The van der Waals surface area contributed by atoms with Crippen LogP contribution in [0.3, 0.4) is 0 Å². The monoisotopic (exact) mass is 294 g/mol. The van der Waals surface area contributed by atoms with E-state index < -0.39 is 0 Å². The number of hydrogen-bond donors (Lipinski definition) is 0. The van der Waals surface area contributed by atoms with Gasteiger partial charge in [0.2, 0.25) is 0 Å². The first-order valence-corrected chi connectivity index (χ1v) is 8.34. The van der Waals surface area contributed by atoms with E-state index >= 15 is 0 Å². The van der Waals surface area contributed by atoms with Gasteiger partial charge in [0.25, 0.3) is 0 Å². The number of benzene rings is 5. The Balaban J connectivity index is 2.19. The van der Waals surface area contributed by atoms with Gasteiger partial charge in [0, 0.05) is 0 Å². The minimum absolute atomic E-state index is 0.535. The number of fused-ring (bicyclic) bond motifs is 2. The molecule has 0 fully saturated rings. The van der Waals surface area contributed by atoms with Crippen molar-refractivity contribution in [2.75, 3.05) is 0 Å². The van der Waals surface area contributed by atoms with E-state index in [2.05, 4.69) is 80.6 Å². The molecule has 0 aromatic heterocycles. The third-order valence-corrected chi connectivity index (χ3v) is 5.18. The van der Waals surface area contributed by atoms with Crippen LogP contribution in [0.15, 0.2) is 66.7 Å². The van der Waals surface area contributed by atoms with Gasteiger partial charge in [0.05, 0.1) is 0 Å². The van der Waals surface area contributed by atoms with Gasteiger partial charge in [-0.2, -0.15) is 0 Å². The van der Waals surface area contributed by atoms with Gasteiger partial charge in [0.1, 0.15) is 0 Å². The summed E-state index contributed by atoms with van der Waals surface area (Å²) in [5.74, 6) is 0.535. The normalized spacial score (nSPS) is 12.3. The summed E-state index contributed by atoms with van der Waals surface area (Å²) in [7, 11) is 0. The predicted octanol–water partition coefficient (Wildman–Crippen LogP) is 6.86. The van der Waals surface area contributed by atoms with Crippen molar-refractivity contribution in [3.63, 3.8) is 0 Å². The molecule has 5 aromatic rings. The number of hydrogen-bond acceptors (Lipinski definition) is 0. The zero-order valence-electron chi connectivity index (χ0n) is 13.4. The van der Waals surface area contributed by atoms with Crippen molar-refractivity contribution in [1.82, 2.24) is 0 Å². The van der Waals surface area contributed by atoms with Crippen molar-refractivity contribution in [3.05, 3.63) is 72.3 Å². The van der Waals surface area contributed by atoms with Gasteiger partial charge in [-0.15, -0.1) is 0 Å². The van der Waals surface area contributed by atoms with Crippen molar-refractivity contribution in [3.8, 4) is 0 Å². The maximum atomic E-state index is 2.33. The lowest BCUT2D eigenvalue weighted by atomic mass is 9.86. The molecule has 0 nitrogen and oxygen atoms in total. The molecule has 0 N–H and O–H groups in total. The minimum Gasteiger partial charge on any atom is -0.0610 e. The molecular weight excluding hydrogens is 276 g/mol. The fourth-order valence-corrected chi connectivity index (χ4v) is 4.17. The standard InChI is InChI=1S/C23H18/c1-14(2)16-12-13-21-19-9-4-7-15-6-3-8-18(22(15)19)20-11-5-10-17(16)23(20)21/h3-14H,1-2H3. The summed E-state index contributed by atoms with van der Waals surface area (Å²) in [6.45, 7) is 4.56. The highest BCUT2D eigenvalue weighted by Gasteiger charge is 2.14. The van der Waals surface area contributed by atoms with E-state index in [0.717, 1.165) is 0 Å². The SMILES string of the molecule is CC(C)c1ccc2c3cccc4cccc(c5cccc1c52)c43. The Hall–Kier alpha value is -2.60. The Morgan fingerprint density at radius 2 is 1.04 bits per heavy atom. The third kappa shape index (κ3) is 1.61. The van der Waals surface area contributed by atoms with Gasteiger partial charge in [-0.1, -0.05) is 80.6 Å². The van der Waals surface area contributed by atoms with Crippen molar-refractivity contribution >= 4 is 43.1 Å². The summed E-state index contributed by atoms with van der Waals surface area (Å²) in [4.78, 5) is 0. The van der Waals surface area contributed by atoms with Gasteiger partial charge in [-0.05, 0) is 54.6 Å². The summed E-state index contributed by atoms with van der Waals surface area (Å²) in [6, 6.07) is 24.7. The largest absolute Gasteiger partial charge is 0.0610 e. The van der Waals surface area contributed by atoms with E-state index in [1.165, 1.54) is 48.7 Å². The van der Waals surface area contributed by atoms with Crippen LogP contribution in [0.5, 0.6) is 0 Å². The molecule has 0 aliphatic carbocycles. The van der Waals surface area contributed by atoms with E-state index in [1.54, 1.807) is 0 Å². The van der Waals surface area contributed by atoms with Gasteiger partial charge >= 0.3 is 0 Å². The molecule has 23 heavy (non-hydrogen) atoms. The van der Waals surface area contributed by atoms with Crippen molar-refractivity contribution in [2.24, 2.45) is 0 Å². The highest BCUT2D eigenvalue weighted by molar-refractivity contribution is 6.33. The summed E-state index contributed by atoms with van der Waals surface area (Å²) in [5.41, 5.74) is 1.44. The molecule has 5 aromatic carbocycles. The molecule has 0 unspecified atom stereocenters. The van der Waals surface area contributed by atoms with Crippen molar-refractivity contribution in [2.45, 2.75) is 19.8 Å². The topological polar surface area (TPSA) is 0 Å². The van der Waals surface area contributed by atoms with E-state index in [4.69, 9.17) is 0 Å². The molecule has 5 rings (SSSR count). The highest BCUT2D eigenvalue weighted by atomic mass is 14.2. The molecule has 0 amide bonds. The molecular formula is C23H18. The van der Waals surface area contributed by atoms with Crippen LogP contribution in [0.25, 0.3) is 43.1 Å². The fraction of sp³-hybridized carbons (Fsp3) is 0.130. The maximum absolute atomic E-state index is 2.33. The second-order valence-electron chi connectivity index (χ2n) is 6.79.